The van der Waals surface area contributed by atoms with E-state index in [0.29, 0.717) is 10.8 Å². The monoisotopic (exact) mass is 195 g/mol. The Bertz CT molecular complexity index is 209. The predicted molar refractivity (Wildman–Crippen MR) is 61.2 cm³/mol. The van der Waals surface area contributed by atoms with Crippen molar-refractivity contribution in [3.05, 3.63) is 0 Å². The molecule has 0 aromatic carbocycles. The highest BCUT2D eigenvalue weighted by atomic mass is 15.0. The molecule has 1 N–H and O–H groups in total. The Labute approximate surface area is 88.7 Å². The van der Waals surface area contributed by atoms with E-state index < -0.39 is 0 Å². The van der Waals surface area contributed by atoms with Gasteiger partial charge in [-0.3, -0.25) is 0 Å². The molecule has 0 saturated heterocycles. The third-order valence-electron chi connectivity index (χ3n) is 5.30. The lowest BCUT2D eigenvalue weighted by atomic mass is 9.82. The Kier molecular flexibility index (Phi) is 2.23. The van der Waals surface area contributed by atoms with Crippen molar-refractivity contribution in [3.8, 4) is 0 Å². The van der Waals surface area contributed by atoms with E-state index in [1.165, 1.54) is 19.4 Å². The highest BCUT2D eigenvalue weighted by Crippen LogP contribution is 2.68. The largest absolute Gasteiger partial charge is 0.314 e. The zero-order valence-corrected chi connectivity index (χ0v) is 10.4. The fourth-order valence-corrected chi connectivity index (χ4v) is 3.20. The zero-order chi connectivity index (χ0) is 10.6. The molecule has 2 saturated carbocycles. The van der Waals surface area contributed by atoms with E-state index in [-0.39, 0.29) is 0 Å². The molecular formula is C13H25N. The van der Waals surface area contributed by atoms with E-state index in [2.05, 4.69) is 39.9 Å². The van der Waals surface area contributed by atoms with E-state index in [1.54, 1.807) is 0 Å². The van der Waals surface area contributed by atoms with Gasteiger partial charge in [0.25, 0.3) is 0 Å². The summed E-state index contributed by atoms with van der Waals surface area (Å²) < 4.78 is 0. The van der Waals surface area contributed by atoms with Crippen LogP contribution in [0.15, 0.2) is 0 Å². The van der Waals surface area contributed by atoms with Gasteiger partial charge >= 0.3 is 0 Å². The number of rotatable bonds is 3. The lowest BCUT2D eigenvalue weighted by Crippen LogP contribution is -2.41. The van der Waals surface area contributed by atoms with Gasteiger partial charge in [0.05, 0.1) is 0 Å². The topological polar surface area (TPSA) is 12.0 Å². The summed E-state index contributed by atoms with van der Waals surface area (Å²) >= 11 is 0. The van der Waals surface area contributed by atoms with Gasteiger partial charge in [-0.15, -0.1) is 0 Å². The van der Waals surface area contributed by atoms with E-state index in [1.807, 2.05) is 0 Å². The van der Waals surface area contributed by atoms with Gasteiger partial charge in [0.15, 0.2) is 0 Å². The fraction of sp³-hybridized carbons (Fsp3) is 1.00. The average Bonchev–Trinajstić information content (AvgIpc) is 2.36. The molecular weight excluding hydrogens is 170 g/mol. The Balaban J connectivity index is 1.73. The summed E-state index contributed by atoms with van der Waals surface area (Å²) in [5.74, 6) is 1.85. The summed E-state index contributed by atoms with van der Waals surface area (Å²) in [6, 6.07) is 0.831. The molecule has 0 aromatic rings. The van der Waals surface area contributed by atoms with Crippen LogP contribution >= 0.6 is 0 Å². The average molecular weight is 195 g/mol. The number of hydrogen-bond donors (Lipinski definition) is 1. The zero-order valence-electron chi connectivity index (χ0n) is 10.4. The number of hydrogen-bond acceptors (Lipinski definition) is 1. The van der Waals surface area contributed by atoms with Crippen molar-refractivity contribution < 1.29 is 0 Å². The molecule has 2 rings (SSSR count). The van der Waals surface area contributed by atoms with Crippen LogP contribution in [0.1, 0.15) is 47.5 Å². The van der Waals surface area contributed by atoms with Crippen LogP contribution in [0.2, 0.25) is 0 Å². The normalized spacial score (nSPS) is 39.2. The molecule has 0 heterocycles. The van der Waals surface area contributed by atoms with Crippen molar-refractivity contribution in [2.45, 2.75) is 53.5 Å². The summed E-state index contributed by atoms with van der Waals surface area (Å²) in [5.41, 5.74) is 1.10. The molecule has 0 atom stereocenters. The van der Waals surface area contributed by atoms with Crippen molar-refractivity contribution in [3.63, 3.8) is 0 Å². The molecule has 2 fully saturated rings. The minimum atomic E-state index is 0.551. The van der Waals surface area contributed by atoms with Gasteiger partial charge in [-0.25, -0.2) is 0 Å². The molecule has 0 aliphatic heterocycles. The maximum atomic E-state index is 3.72. The highest BCUT2D eigenvalue weighted by molar-refractivity contribution is 5.13. The molecule has 1 nitrogen and oxygen atoms in total. The Morgan fingerprint density at radius 3 is 1.93 bits per heavy atom. The van der Waals surface area contributed by atoms with Crippen molar-refractivity contribution in [1.82, 2.24) is 5.32 Å². The lowest BCUT2D eigenvalue weighted by molar-refractivity contribution is 0.236. The van der Waals surface area contributed by atoms with Gasteiger partial charge in [-0.2, -0.15) is 0 Å². The maximum absolute atomic E-state index is 3.72. The smallest absolute Gasteiger partial charge is 0.00722 e. The molecule has 0 amide bonds. The van der Waals surface area contributed by atoms with Crippen LogP contribution in [0.25, 0.3) is 0 Å². The van der Waals surface area contributed by atoms with Crippen LogP contribution in [-0.4, -0.2) is 12.6 Å². The van der Waals surface area contributed by atoms with Crippen molar-refractivity contribution in [1.29, 1.82) is 0 Å². The second kappa shape index (κ2) is 2.98. The van der Waals surface area contributed by atoms with Crippen LogP contribution < -0.4 is 5.32 Å². The molecule has 0 radical (unpaired) electrons. The molecule has 2 aliphatic carbocycles. The minimum Gasteiger partial charge on any atom is -0.314 e. The molecule has 0 bridgehead atoms. The highest BCUT2D eigenvalue weighted by Gasteiger charge is 2.63. The lowest BCUT2D eigenvalue weighted by Gasteiger charge is -2.33. The van der Waals surface area contributed by atoms with Crippen LogP contribution in [0.3, 0.4) is 0 Å². The molecule has 0 aromatic heterocycles. The maximum Gasteiger partial charge on any atom is 0.00722 e. The standard InChI is InChI=1S/C13H25N/c1-9-6-10(7-9)14-8-11-12(2,3)13(11,4)5/h9-11,14H,6-8H2,1-5H3. The third-order valence-corrected chi connectivity index (χ3v) is 5.30. The quantitative estimate of drug-likeness (QED) is 0.730. The fourth-order valence-electron chi connectivity index (χ4n) is 3.20. The first-order valence-corrected chi connectivity index (χ1v) is 6.09. The van der Waals surface area contributed by atoms with Gasteiger partial charge in [0, 0.05) is 6.04 Å². The molecule has 2 aliphatic rings. The summed E-state index contributed by atoms with van der Waals surface area (Å²) in [4.78, 5) is 0. The second-order valence-electron chi connectivity index (χ2n) is 6.68. The van der Waals surface area contributed by atoms with Crippen LogP contribution in [0.4, 0.5) is 0 Å². The van der Waals surface area contributed by atoms with Gasteiger partial charge in [-0.1, -0.05) is 34.6 Å². The SMILES string of the molecule is CC1CC(NCC2C(C)(C)C2(C)C)C1. The summed E-state index contributed by atoms with van der Waals surface area (Å²) in [5, 5.41) is 3.72. The Hall–Kier alpha value is -0.0400. The van der Waals surface area contributed by atoms with Gasteiger partial charge < -0.3 is 5.32 Å². The van der Waals surface area contributed by atoms with Crippen molar-refractivity contribution in [2.24, 2.45) is 22.7 Å². The minimum absolute atomic E-state index is 0.551. The van der Waals surface area contributed by atoms with Crippen LogP contribution in [0.5, 0.6) is 0 Å². The van der Waals surface area contributed by atoms with Gasteiger partial charge in [0.1, 0.15) is 0 Å². The van der Waals surface area contributed by atoms with Gasteiger partial charge in [0.2, 0.25) is 0 Å². The Morgan fingerprint density at radius 2 is 1.57 bits per heavy atom. The van der Waals surface area contributed by atoms with Crippen LogP contribution in [-0.2, 0) is 0 Å². The Morgan fingerprint density at radius 1 is 1.07 bits per heavy atom. The first-order chi connectivity index (χ1) is 6.35. The van der Waals surface area contributed by atoms with E-state index >= 15 is 0 Å². The van der Waals surface area contributed by atoms with Gasteiger partial charge in [-0.05, 0) is 42.1 Å². The van der Waals surface area contributed by atoms with E-state index in [9.17, 15) is 0 Å². The number of nitrogens with one attached hydrogen (secondary N) is 1. The second-order valence-corrected chi connectivity index (χ2v) is 6.68. The first-order valence-electron chi connectivity index (χ1n) is 6.09. The van der Waals surface area contributed by atoms with Crippen molar-refractivity contribution in [2.75, 3.05) is 6.54 Å². The van der Waals surface area contributed by atoms with E-state index in [0.717, 1.165) is 17.9 Å². The predicted octanol–water partition coefficient (Wildman–Crippen LogP) is 3.06. The first kappa shape index (κ1) is 10.5. The van der Waals surface area contributed by atoms with E-state index in [4.69, 9.17) is 0 Å². The molecule has 1 heteroatoms. The molecule has 82 valence electrons. The summed E-state index contributed by atoms with van der Waals surface area (Å²) in [6.07, 6.45) is 2.79. The molecule has 14 heavy (non-hydrogen) atoms. The molecule has 0 unspecified atom stereocenters. The third kappa shape index (κ3) is 1.41. The summed E-state index contributed by atoms with van der Waals surface area (Å²) in [6.45, 7) is 13.2. The molecule has 0 spiro atoms. The van der Waals surface area contributed by atoms with Crippen LogP contribution in [0, 0.1) is 22.7 Å². The van der Waals surface area contributed by atoms with Crippen molar-refractivity contribution >= 4 is 0 Å². The summed E-state index contributed by atoms with van der Waals surface area (Å²) in [7, 11) is 0.